The van der Waals surface area contributed by atoms with Crippen LogP contribution in [0.1, 0.15) is 48.9 Å². The molecule has 0 unspecified atom stereocenters. The first-order valence-corrected chi connectivity index (χ1v) is 8.78. The van der Waals surface area contributed by atoms with Gasteiger partial charge in [0.2, 0.25) is 5.91 Å². The molecule has 126 valence electrons. The lowest BCUT2D eigenvalue weighted by Gasteiger charge is -2.24. The smallest absolute Gasteiger partial charge is 0.255 e. The number of nitrogens with one attached hydrogen (secondary N) is 1. The minimum absolute atomic E-state index is 0.00316. The highest BCUT2D eigenvalue weighted by Gasteiger charge is 2.27. The number of benzene rings is 1. The maximum Gasteiger partial charge on any atom is 0.255 e. The van der Waals surface area contributed by atoms with Gasteiger partial charge in [0.25, 0.3) is 5.91 Å². The quantitative estimate of drug-likeness (QED) is 0.927. The van der Waals surface area contributed by atoms with Gasteiger partial charge < -0.3 is 10.2 Å². The molecular formula is C19H23N3O2. The molecule has 5 nitrogen and oxygen atoms in total. The summed E-state index contributed by atoms with van der Waals surface area (Å²) in [4.78, 5) is 27.0. The van der Waals surface area contributed by atoms with Gasteiger partial charge in [-0.1, -0.05) is 12.1 Å². The number of hydrogen-bond donors (Lipinski definition) is 1. The van der Waals surface area contributed by atoms with Gasteiger partial charge >= 0.3 is 0 Å². The minimum atomic E-state index is -0.0652. The molecule has 0 bridgehead atoms. The molecule has 0 atom stereocenters. The van der Waals surface area contributed by atoms with Crippen LogP contribution in [0, 0.1) is 23.2 Å². The fraction of sp³-hybridized carbons (Fsp3) is 0.526. The Kier molecular flexibility index (Phi) is 5.14. The third kappa shape index (κ3) is 3.59. The Balaban J connectivity index is 1.68. The molecule has 1 saturated heterocycles. The van der Waals surface area contributed by atoms with Crippen molar-refractivity contribution in [1.82, 2.24) is 4.90 Å². The summed E-state index contributed by atoms with van der Waals surface area (Å²) < 4.78 is 0. The molecule has 0 spiro atoms. The Hall–Kier alpha value is -2.35. The van der Waals surface area contributed by atoms with E-state index in [1.165, 1.54) is 0 Å². The number of nitriles is 1. The molecule has 2 amide bonds. The molecule has 2 aliphatic rings. The molecule has 1 aromatic rings. The van der Waals surface area contributed by atoms with Gasteiger partial charge in [0.15, 0.2) is 0 Å². The highest BCUT2D eigenvalue weighted by atomic mass is 16.2. The van der Waals surface area contributed by atoms with Crippen molar-refractivity contribution < 1.29 is 9.59 Å². The van der Waals surface area contributed by atoms with Crippen molar-refractivity contribution in [2.75, 3.05) is 18.4 Å². The van der Waals surface area contributed by atoms with Gasteiger partial charge in [0.05, 0.1) is 17.3 Å². The fourth-order valence-corrected chi connectivity index (χ4v) is 3.59. The van der Waals surface area contributed by atoms with E-state index in [2.05, 4.69) is 11.4 Å². The zero-order valence-electron chi connectivity index (χ0n) is 13.8. The van der Waals surface area contributed by atoms with Gasteiger partial charge in [-0.05, 0) is 50.7 Å². The first-order valence-electron chi connectivity index (χ1n) is 8.78. The molecule has 3 rings (SSSR count). The highest BCUT2D eigenvalue weighted by Crippen LogP contribution is 2.30. The van der Waals surface area contributed by atoms with Crippen molar-refractivity contribution >= 4 is 17.5 Å². The standard InChI is InChI=1S/C19H23N3O2/c20-13-14-7-9-15(10-8-14)18(23)21-17-6-2-1-5-16(17)19(24)22-11-3-4-12-22/h1-2,5-6,14-15H,3-4,7-12H2,(H,21,23). The summed E-state index contributed by atoms with van der Waals surface area (Å²) in [5.41, 5.74) is 1.17. The Morgan fingerprint density at radius 1 is 1.08 bits per heavy atom. The van der Waals surface area contributed by atoms with Gasteiger partial charge in [-0.25, -0.2) is 0 Å². The monoisotopic (exact) mass is 325 g/mol. The van der Waals surface area contributed by atoms with Gasteiger partial charge in [-0.3, -0.25) is 9.59 Å². The molecule has 24 heavy (non-hydrogen) atoms. The average Bonchev–Trinajstić information content (AvgIpc) is 3.16. The van der Waals surface area contributed by atoms with Crippen LogP contribution in [0.4, 0.5) is 5.69 Å². The number of rotatable bonds is 3. The van der Waals surface area contributed by atoms with Crippen LogP contribution in [-0.2, 0) is 4.79 Å². The van der Waals surface area contributed by atoms with Gasteiger partial charge in [-0.15, -0.1) is 0 Å². The van der Waals surface area contributed by atoms with Gasteiger partial charge in [0.1, 0.15) is 0 Å². The van der Waals surface area contributed by atoms with Crippen molar-refractivity contribution in [3.8, 4) is 6.07 Å². The van der Waals surface area contributed by atoms with Crippen molar-refractivity contribution in [1.29, 1.82) is 5.26 Å². The minimum Gasteiger partial charge on any atom is -0.339 e. The van der Waals surface area contributed by atoms with E-state index in [1.54, 1.807) is 12.1 Å². The van der Waals surface area contributed by atoms with Gasteiger partial charge in [-0.2, -0.15) is 5.26 Å². The Bertz CT molecular complexity index is 651. The number of likely N-dealkylation sites (tertiary alicyclic amines) is 1. The van der Waals surface area contributed by atoms with Crippen LogP contribution >= 0.6 is 0 Å². The summed E-state index contributed by atoms with van der Waals surface area (Å²) in [7, 11) is 0. The second-order valence-electron chi connectivity index (χ2n) is 6.71. The van der Waals surface area contributed by atoms with E-state index in [0.29, 0.717) is 11.3 Å². The lowest BCUT2D eigenvalue weighted by Crippen LogP contribution is -2.30. The molecule has 5 heteroatoms. The molecule has 1 saturated carbocycles. The van der Waals surface area contributed by atoms with Crippen LogP contribution in [0.25, 0.3) is 0 Å². The molecule has 0 radical (unpaired) electrons. The van der Waals surface area contributed by atoms with Crippen LogP contribution in [-0.4, -0.2) is 29.8 Å². The van der Waals surface area contributed by atoms with Crippen molar-refractivity contribution in [3.63, 3.8) is 0 Å². The van der Waals surface area contributed by atoms with Crippen molar-refractivity contribution in [3.05, 3.63) is 29.8 Å². The molecule has 1 heterocycles. The number of carbonyl (C=O) groups is 2. The molecule has 1 aliphatic heterocycles. The van der Waals surface area contributed by atoms with Crippen LogP contribution < -0.4 is 5.32 Å². The van der Waals surface area contributed by atoms with E-state index in [1.807, 2.05) is 17.0 Å². The number of carbonyl (C=O) groups excluding carboxylic acids is 2. The second kappa shape index (κ2) is 7.48. The van der Waals surface area contributed by atoms with Gasteiger partial charge in [0, 0.05) is 24.9 Å². The predicted octanol–water partition coefficient (Wildman–Crippen LogP) is 3.19. The molecular weight excluding hydrogens is 302 g/mol. The van der Waals surface area contributed by atoms with E-state index < -0.39 is 0 Å². The number of para-hydroxylation sites is 1. The number of hydrogen-bond acceptors (Lipinski definition) is 3. The van der Waals surface area contributed by atoms with Crippen LogP contribution in [0.5, 0.6) is 0 Å². The van der Waals surface area contributed by atoms with E-state index >= 15 is 0 Å². The second-order valence-corrected chi connectivity index (χ2v) is 6.71. The van der Waals surface area contributed by atoms with E-state index in [0.717, 1.165) is 51.6 Å². The lowest BCUT2D eigenvalue weighted by molar-refractivity contribution is -0.120. The summed E-state index contributed by atoms with van der Waals surface area (Å²) in [6, 6.07) is 9.53. The Morgan fingerprint density at radius 3 is 2.42 bits per heavy atom. The van der Waals surface area contributed by atoms with Crippen LogP contribution in [0.2, 0.25) is 0 Å². The number of nitrogens with zero attached hydrogens (tertiary/aromatic N) is 2. The maximum atomic E-state index is 12.6. The highest BCUT2D eigenvalue weighted by molar-refractivity contribution is 6.04. The van der Waals surface area contributed by atoms with Crippen molar-refractivity contribution in [2.45, 2.75) is 38.5 Å². The molecule has 1 aliphatic carbocycles. The lowest BCUT2D eigenvalue weighted by atomic mass is 9.82. The molecule has 1 N–H and O–H groups in total. The van der Waals surface area contributed by atoms with Crippen LogP contribution in [0.15, 0.2) is 24.3 Å². The first kappa shape index (κ1) is 16.5. The largest absolute Gasteiger partial charge is 0.339 e. The van der Waals surface area contributed by atoms with Crippen molar-refractivity contribution in [2.24, 2.45) is 11.8 Å². The van der Waals surface area contributed by atoms with E-state index in [9.17, 15) is 9.59 Å². The first-order chi connectivity index (χ1) is 11.7. The van der Waals surface area contributed by atoms with E-state index in [4.69, 9.17) is 5.26 Å². The SMILES string of the molecule is N#CC1CCC(C(=O)Nc2ccccc2C(=O)N2CCCC2)CC1. The zero-order valence-corrected chi connectivity index (χ0v) is 13.8. The Morgan fingerprint density at radius 2 is 1.75 bits per heavy atom. The summed E-state index contributed by atoms with van der Waals surface area (Å²) >= 11 is 0. The maximum absolute atomic E-state index is 12.6. The average molecular weight is 325 g/mol. The summed E-state index contributed by atoms with van der Waals surface area (Å²) in [5, 5.41) is 11.9. The van der Waals surface area contributed by atoms with Crippen LogP contribution in [0.3, 0.4) is 0 Å². The normalized spacial score (nSPS) is 23.5. The molecule has 1 aromatic carbocycles. The number of amides is 2. The topological polar surface area (TPSA) is 73.2 Å². The third-order valence-corrected chi connectivity index (χ3v) is 5.09. The zero-order chi connectivity index (χ0) is 16.9. The Labute approximate surface area is 142 Å². The summed E-state index contributed by atoms with van der Waals surface area (Å²) in [6.45, 7) is 1.58. The molecule has 0 aromatic heterocycles. The predicted molar refractivity (Wildman–Crippen MR) is 91.3 cm³/mol. The van der Waals surface area contributed by atoms with E-state index in [-0.39, 0.29) is 23.7 Å². The number of anilines is 1. The molecule has 2 fully saturated rings. The fourth-order valence-electron chi connectivity index (χ4n) is 3.59. The summed E-state index contributed by atoms with van der Waals surface area (Å²) in [5.74, 6) is -0.0210. The third-order valence-electron chi connectivity index (χ3n) is 5.09. The summed E-state index contributed by atoms with van der Waals surface area (Å²) in [6.07, 6.45) is 5.13.